The summed E-state index contributed by atoms with van der Waals surface area (Å²) in [6.45, 7) is 3.76. The van der Waals surface area contributed by atoms with Crippen LogP contribution in [-0.2, 0) is 4.79 Å². The molecule has 0 aliphatic carbocycles. The highest BCUT2D eigenvalue weighted by molar-refractivity contribution is 8.00. The molecule has 3 aromatic rings. The maximum atomic E-state index is 12.8. The molecule has 30 heavy (non-hydrogen) atoms. The van der Waals surface area contributed by atoms with Gasteiger partial charge in [0.25, 0.3) is 5.91 Å². The molecule has 0 bridgehead atoms. The smallest absolute Gasteiger partial charge is 0.253 e. The summed E-state index contributed by atoms with van der Waals surface area (Å²) in [6.07, 6.45) is 0. The molecule has 0 heterocycles. The first-order chi connectivity index (χ1) is 14.4. The lowest BCUT2D eigenvalue weighted by molar-refractivity contribution is -0.115. The van der Waals surface area contributed by atoms with Crippen LogP contribution in [0.4, 0.5) is 5.69 Å². The van der Waals surface area contributed by atoms with Gasteiger partial charge in [0.2, 0.25) is 5.91 Å². The molecule has 154 valence electrons. The lowest BCUT2D eigenvalue weighted by Gasteiger charge is -2.17. The molecule has 0 saturated carbocycles. The number of thioether (sulfide) groups is 1. The molecule has 0 saturated heterocycles. The van der Waals surface area contributed by atoms with E-state index in [2.05, 4.69) is 10.6 Å². The minimum absolute atomic E-state index is 0.151. The van der Waals surface area contributed by atoms with Crippen molar-refractivity contribution in [3.63, 3.8) is 0 Å². The topological polar surface area (TPSA) is 58.2 Å². The van der Waals surface area contributed by atoms with Crippen molar-refractivity contribution in [2.24, 2.45) is 0 Å². The molecule has 0 spiro atoms. The predicted octanol–water partition coefficient (Wildman–Crippen LogP) is 5.95. The number of amides is 2. The maximum absolute atomic E-state index is 12.8. The van der Waals surface area contributed by atoms with Crippen molar-refractivity contribution < 1.29 is 9.59 Å². The molecule has 6 heteroatoms. The van der Waals surface area contributed by atoms with E-state index in [0.29, 0.717) is 16.3 Å². The molecule has 2 unspecified atom stereocenters. The van der Waals surface area contributed by atoms with Crippen molar-refractivity contribution in [1.29, 1.82) is 0 Å². The van der Waals surface area contributed by atoms with Gasteiger partial charge in [0.05, 0.1) is 22.5 Å². The number of anilines is 1. The van der Waals surface area contributed by atoms with Gasteiger partial charge >= 0.3 is 0 Å². The summed E-state index contributed by atoms with van der Waals surface area (Å²) in [5, 5.41) is 6.19. The molecule has 2 atom stereocenters. The summed E-state index contributed by atoms with van der Waals surface area (Å²) in [4.78, 5) is 26.5. The monoisotopic (exact) mass is 438 g/mol. The number of para-hydroxylation sites is 1. The Balaban J connectivity index is 1.67. The van der Waals surface area contributed by atoms with Crippen LogP contribution in [-0.4, -0.2) is 17.1 Å². The number of hydrogen-bond donors (Lipinski definition) is 2. The number of hydrogen-bond acceptors (Lipinski definition) is 3. The van der Waals surface area contributed by atoms with E-state index in [-0.39, 0.29) is 23.1 Å². The summed E-state index contributed by atoms with van der Waals surface area (Å²) in [5.74, 6) is -0.411. The molecule has 3 aromatic carbocycles. The summed E-state index contributed by atoms with van der Waals surface area (Å²) in [5.41, 5.74) is 1.93. The van der Waals surface area contributed by atoms with Crippen molar-refractivity contribution in [1.82, 2.24) is 5.32 Å². The number of nitrogens with one attached hydrogen (secondary N) is 2. The standard InChI is InChI=1S/C24H23ClN2O2S/c1-16(18-8-4-3-5-9-18)26-24(29)21-10-6-7-11-22(21)27-23(28)17(2)30-20-14-12-19(25)13-15-20/h3-17H,1-2H3,(H,26,29)(H,27,28). The second kappa shape index (κ2) is 10.3. The third-order valence-electron chi connectivity index (χ3n) is 4.57. The molecule has 4 nitrogen and oxygen atoms in total. The summed E-state index contributed by atoms with van der Waals surface area (Å²) in [7, 11) is 0. The Hall–Kier alpha value is -2.76. The van der Waals surface area contributed by atoms with Gasteiger partial charge in [-0.25, -0.2) is 0 Å². The van der Waals surface area contributed by atoms with Gasteiger partial charge in [-0.1, -0.05) is 54.1 Å². The van der Waals surface area contributed by atoms with E-state index in [4.69, 9.17) is 11.6 Å². The van der Waals surface area contributed by atoms with E-state index in [1.54, 1.807) is 36.4 Å². The van der Waals surface area contributed by atoms with Crippen LogP contribution in [0.5, 0.6) is 0 Å². The Morgan fingerprint density at radius 3 is 2.20 bits per heavy atom. The molecule has 3 rings (SSSR count). The molecular weight excluding hydrogens is 416 g/mol. The highest BCUT2D eigenvalue weighted by Crippen LogP contribution is 2.26. The molecular formula is C24H23ClN2O2S. The minimum Gasteiger partial charge on any atom is -0.345 e. The van der Waals surface area contributed by atoms with Gasteiger partial charge in [-0.15, -0.1) is 11.8 Å². The number of carbonyl (C=O) groups excluding carboxylic acids is 2. The van der Waals surface area contributed by atoms with Crippen molar-refractivity contribution in [2.45, 2.75) is 30.0 Å². The Morgan fingerprint density at radius 1 is 0.867 bits per heavy atom. The summed E-state index contributed by atoms with van der Waals surface area (Å²) < 4.78 is 0. The van der Waals surface area contributed by atoms with Crippen LogP contribution in [0.2, 0.25) is 5.02 Å². The molecule has 0 fully saturated rings. The van der Waals surface area contributed by atoms with E-state index in [1.807, 2.05) is 56.3 Å². The van der Waals surface area contributed by atoms with Crippen molar-refractivity contribution in [3.8, 4) is 0 Å². The zero-order valence-electron chi connectivity index (χ0n) is 16.8. The second-order valence-electron chi connectivity index (χ2n) is 6.85. The third kappa shape index (κ3) is 5.88. The van der Waals surface area contributed by atoms with Crippen LogP contribution in [0.25, 0.3) is 0 Å². The van der Waals surface area contributed by atoms with Crippen LogP contribution in [0, 0.1) is 0 Å². The fourth-order valence-electron chi connectivity index (χ4n) is 2.89. The summed E-state index contributed by atoms with van der Waals surface area (Å²) in [6, 6.07) is 24.0. The van der Waals surface area contributed by atoms with E-state index >= 15 is 0 Å². The van der Waals surface area contributed by atoms with Gasteiger partial charge in [0, 0.05) is 9.92 Å². The van der Waals surface area contributed by atoms with Gasteiger partial charge in [0.15, 0.2) is 0 Å². The largest absolute Gasteiger partial charge is 0.345 e. The predicted molar refractivity (Wildman–Crippen MR) is 124 cm³/mol. The zero-order chi connectivity index (χ0) is 21.5. The van der Waals surface area contributed by atoms with Crippen LogP contribution < -0.4 is 10.6 Å². The van der Waals surface area contributed by atoms with E-state index in [9.17, 15) is 9.59 Å². The quantitative estimate of drug-likeness (QED) is 0.448. The molecule has 0 aliphatic heterocycles. The van der Waals surface area contributed by atoms with Crippen LogP contribution in [0.3, 0.4) is 0 Å². The highest BCUT2D eigenvalue weighted by Gasteiger charge is 2.19. The Bertz CT molecular complexity index is 1010. The van der Waals surface area contributed by atoms with Crippen LogP contribution >= 0.6 is 23.4 Å². The second-order valence-corrected chi connectivity index (χ2v) is 8.71. The molecule has 0 aromatic heterocycles. The van der Waals surface area contributed by atoms with Crippen molar-refractivity contribution >= 4 is 40.9 Å². The number of benzene rings is 3. The molecule has 0 radical (unpaired) electrons. The fourth-order valence-corrected chi connectivity index (χ4v) is 3.89. The van der Waals surface area contributed by atoms with Gasteiger partial charge in [-0.05, 0) is 55.8 Å². The average molecular weight is 439 g/mol. The third-order valence-corrected chi connectivity index (χ3v) is 5.94. The van der Waals surface area contributed by atoms with E-state index in [0.717, 1.165) is 10.5 Å². The molecule has 2 N–H and O–H groups in total. The van der Waals surface area contributed by atoms with E-state index < -0.39 is 0 Å². The first kappa shape index (κ1) is 21.9. The van der Waals surface area contributed by atoms with Crippen LogP contribution in [0.1, 0.15) is 35.8 Å². The number of halogens is 1. The average Bonchev–Trinajstić information content (AvgIpc) is 2.76. The number of rotatable bonds is 7. The first-order valence-electron chi connectivity index (χ1n) is 9.62. The number of carbonyl (C=O) groups is 2. The van der Waals surface area contributed by atoms with Crippen LogP contribution in [0.15, 0.2) is 83.8 Å². The van der Waals surface area contributed by atoms with Crippen molar-refractivity contribution in [2.75, 3.05) is 5.32 Å². The molecule has 2 amide bonds. The Kier molecular flexibility index (Phi) is 7.55. The molecule has 0 aliphatic rings. The zero-order valence-corrected chi connectivity index (χ0v) is 18.3. The fraction of sp³-hybridized carbons (Fsp3) is 0.167. The lowest BCUT2D eigenvalue weighted by Crippen LogP contribution is -2.29. The Morgan fingerprint density at radius 2 is 1.50 bits per heavy atom. The summed E-state index contributed by atoms with van der Waals surface area (Å²) >= 11 is 7.34. The Labute approximate surface area is 186 Å². The highest BCUT2D eigenvalue weighted by atomic mass is 35.5. The van der Waals surface area contributed by atoms with Gasteiger partial charge in [0.1, 0.15) is 0 Å². The van der Waals surface area contributed by atoms with Crippen molar-refractivity contribution in [3.05, 3.63) is 95.0 Å². The maximum Gasteiger partial charge on any atom is 0.253 e. The lowest BCUT2D eigenvalue weighted by atomic mass is 10.1. The normalized spacial score (nSPS) is 12.6. The first-order valence-corrected chi connectivity index (χ1v) is 10.9. The van der Waals surface area contributed by atoms with Gasteiger partial charge in [-0.3, -0.25) is 9.59 Å². The van der Waals surface area contributed by atoms with Gasteiger partial charge < -0.3 is 10.6 Å². The minimum atomic E-state index is -0.342. The van der Waals surface area contributed by atoms with Gasteiger partial charge in [-0.2, -0.15) is 0 Å². The SMILES string of the molecule is CC(Sc1ccc(Cl)cc1)C(=O)Nc1ccccc1C(=O)NC(C)c1ccccc1. The van der Waals surface area contributed by atoms with E-state index in [1.165, 1.54) is 11.8 Å².